The monoisotopic (exact) mass is 288 g/mol. The van der Waals surface area contributed by atoms with Gasteiger partial charge in [0.25, 0.3) is 0 Å². The Hall–Kier alpha value is -1.95. The van der Waals surface area contributed by atoms with E-state index in [-0.39, 0.29) is 5.54 Å². The summed E-state index contributed by atoms with van der Waals surface area (Å²) in [5.41, 5.74) is 1.02. The van der Waals surface area contributed by atoms with E-state index in [9.17, 15) is 0 Å². The molecule has 2 rings (SSSR count). The van der Waals surface area contributed by atoms with Gasteiger partial charge in [-0.1, -0.05) is 0 Å². The third kappa shape index (κ3) is 4.53. The van der Waals surface area contributed by atoms with Gasteiger partial charge < -0.3 is 14.8 Å². The molecule has 0 aliphatic heterocycles. The molecule has 0 saturated carbocycles. The van der Waals surface area contributed by atoms with E-state index in [1.54, 1.807) is 6.20 Å². The van der Waals surface area contributed by atoms with Crippen molar-refractivity contribution in [1.82, 2.24) is 24.8 Å². The van der Waals surface area contributed by atoms with E-state index in [0.29, 0.717) is 6.54 Å². The van der Waals surface area contributed by atoms with Crippen LogP contribution in [0.15, 0.2) is 24.8 Å². The second-order valence-corrected chi connectivity index (χ2v) is 6.28. The summed E-state index contributed by atoms with van der Waals surface area (Å²) in [7, 11) is 3.98. The van der Waals surface area contributed by atoms with E-state index in [2.05, 4.69) is 41.0 Å². The van der Waals surface area contributed by atoms with Crippen LogP contribution in [0.2, 0.25) is 0 Å². The molecular weight excluding hydrogens is 264 g/mol. The van der Waals surface area contributed by atoms with Gasteiger partial charge in [-0.05, 0) is 20.8 Å². The zero-order valence-corrected chi connectivity index (χ0v) is 13.5. The number of nitrogens with one attached hydrogen (secondary N) is 1. The maximum Gasteiger partial charge on any atom is 0.147 e. The number of imidazole rings is 1. The fourth-order valence-corrected chi connectivity index (χ4v) is 1.83. The molecule has 0 atom stereocenters. The zero-order valence-electron chi connectivity index (χ0n) is 13.5. The molecule has 2 heterocycles. The lowest BCUT2D eigenvalue weighted by Gasteiger charge is -2.20. The van der Waals surface area contributed by atoms with Crippen molar-refractivity contribution in [3.63, 3.8) is 0 Å². The number of aryl methyl sites for hydroxylation is 1. The Kier molecular flexibility index (Phi) is 4.57. The number of aromatic nitrogens is 4. The number of rotatable bonds is 5. The Morgan fingerprint density at radius 2 is 1.95 bits per heavy atom. The first-order chi connectivity index (χ1) is 9.85. The first-order valence-corrected chi connectivity index (χ1v) is 7.08. The van der Waals surface area contributed by atoms with Gasteiger partial charge in [-0.2, -0.15) is 0 Å². The fourth-order valence-electron chi connectivity index (χ4n) is 1.83. The molecule has 6 heteroatoms. The molecule has 114 valence electrons. The van der Waals surface area contributed by atoms with Crippen LogP contribution in [0, 0.1) is 0 Å². The Balaban J connectivity index is 1.96. The molecule has 0 bridgehead atoms. The van der Waals surface area contributed by atoms with Gasteiger partial charge in [0, 0.05) is 38.6 Å². The molecular formula is C15H24N6. The summed E-state index contributed by atoms with van der Waals surface area (Å²) in [4.78, 5) is 15.3. The van der Waals surface area contributed by atoms with Gasteiger partial charge >= 0.3 is 0 Å². The van der Waals surface area contributed by atoms with Crippen LogP contribution in [0.1, 0.15) is 32.3 Å². The molecule has 0 fully saturated rings. The number of hydrogen-bond donors (Lipinski definition) is 1. The Bertz CT molecular complexity index is 567. The van der Waals surface area contributed by atoms with Gasteiger partial charge in [0.1, 0.15) is 11.6 Å². The molecule has 1 N–H and O–H groups in total. The number of hydrogen-bond acceptors (Lipinski definition) is 5. The molecule has 0 radical (unpaired) electrons. The highest BCUT2D eigenvalue weighted by Crippen LogP contribution is 2.10. The predicted molar refractivity (Wildman–Crippen MR) is 83.9 cm³/mol. The standard InChI is InChI=1S/C15H24N6/c1-15(2,3)19-9-12-8-18-13(10-17-12)21(5)11-14-16-6-7-20(14)4/h6-8,10,19H,9,11H2,1-5H3. The second kappa shape index (κ2) is 6.22. The molecule has 2 aromatic heterocycles. The van der Waals surface area contributed by atoms with Gasteiger partial charge in [-0.3, -0.25) is 4.98 Å². The maximum atomic E-state index is 4.48. The van der Waals surface area contributed by atoms with Crippen LogP contribution in [0.4, 0.5) is 5.82 Å². The van der Waals surface area contributed by atoms with Crippen molar-refractivity contribution in [3.05, 3.63) is 36.3 Å². The molecule has 0 unspecified atom stereocenters. The molecule has 0 amide bonds. The molecule has 2 aromatic rings. The number of anilines is 1. The Morgan fingerprint density at radius 1 is 1.19 bits per heavy atom. The van der Waals surface area contributed by atoms with Gasteiger partial charge in [-0.15, -0.1) is 0 Å². The van der Waals surface area contributed by atoms with Crippen LogP contribution in [0.3, 0.4) is 0 Å². The summed E-state index contributed by atoms with van der Waals surface area (Å²) in [6.45, 7) is 7.83. The highest BCUT2D eigenvalue weighted by molar-refractivity contribution is 5.34. The van der Waals surface area contributed by atoms with E-state index in [1.807, 2.05) is 42.2 Å². The van der Waals surface area contributed by atoms with E-state index in [0.717, 1.165) is 23.9 Å². The first-order valence-electron chi connectivity index (χ1n) is 7.08. The molecule has 0 saturated heterocycles. The second-order valence-electron chi connectivity index (χ2n) is 6.28. The molecule has 0 aliphatic carbocycles. The minimum absolute atomic E-state index is 0.0787. The summed E-state index contributed by atoms with van der Waals surface area (Å²) in [5.74, 6) is 1.84. The van der Waals surface area contributed by atoms with Crippen LogP contribution < -0.4 is 10.2 Å². The molecule has 0 aromatic carbocycles. The van der Waals surface area contributed by atoms with Crippen molar-refractivity contribution >= 4 is 5.82 Å². The molecule has 0 aliphatic rings. The lowest BCUT2D eigenvalue weighted by Crippen LogP contribution is -2.35. The summed E-state index contributed by atoms with van der Waals surface area (Å²) in [6.07, 6.45) is 7.37. The smallest absolute Gasteiger partial charge is 0.147 e. The topological polar surface area (TPSA) is 58.9 Å². The average Bonchev–Trinajstić information content (AvgIpc) is 2.82. The summed E-state index contributed by atoms with van der Waals surface area (Å²) < 4.78 is 2.01. The molecule has 6 nitrogen and oxygen atoms in total. The molecule has 21 heavy (non-hydrogen) atoms. The van der Waals surface area contributed by atoms with Crippen LogP contribution in [0.5, 0.6) is 0 Å². The van der Waals surface area contributed by atoms with Crippen LogP contribution in [-0.2, 0) is 20.1 Å². The van der Waals surface area contributed by atoms with Crippen molar-refractivity contribution < 1.29 is 0 Å². The Labute approximate surface area is 126 Å². The summed E-state index contributed by atoms with van der Waals surface area (Å²) in [6, 6.07) is 0. The first kappa shape index (κ1) is 15.4. The highest BCUT2D eigenvalue weighted by atomic mass is 15.2. The predicted octanol–water partition coefficient (Wildman–Crippen LogP) is 1.73. The highest BCUT2D eigenvalue weighted by Gasteiger charge is 2.10. The summed E-state index contributed by atoms with van der Waals surface area (Å²) >= 11 is 0. The van der Waals surface area contributed by atoms with E-state index in [1.165, 1.54) is 0 Å². The van der Waals surface area contributed by atoms with E-state index in [4.69, 9.17) is 0 Å². The van der Waals surface area contributed by atoms with Crippen LogP contribution in [0.25, 0.3) is 0 Å². The number of nitrogens with zero attached hydrogens (tertiary/aromatic N) is 5. The van der Waals surface area contributed by atoms with Crippen molar-refractivity contribution in [2.75, 3.05) is 11.9 Å². The van der Waals surface area contributed by atoms with Crippen LogP contribution >= 0.6 is 0 Å². The maximum absolute atomic E-state index is 4.48. The van der Waals surface area contributed by atoms with Gasteiger partial charge in [0.15, 0.2) is 0 Å². The van der Waals surface area contributed by atoms with Crippen molar-refractivity contribution in [3.8, 4) is 0 Å². The van der Waals surface area contributed by atoms with Gasteiger partial charge in [0.2, 0.25) is 0 Å². The van der Waals surface area contributed by atoms with Crippen molar-refractivity contribution in [2.45, 2.75) is 39.4 Å². The van der Waals surface area contributed by atoms with Crippen molar-refractivity contribution in [1.29, 1.82) is 0 Å². The largest absolute Gasteiger partial charge is 0.351 e. The van der Waals surface area contributed by atoms with E-state index < -0.39 is 0 Å². The van der Waals surface area contributed by atoms with Crippen molar-refractivity contribution in [2.24, 2.45) is 7.05 Å². The SMILES string of the molecule is CN(Cc1nccn1C)c1cnc(CNC(C)(C)C)cn1. The minimum Gasteiger partial charge on any atom is -0.351 e. The fraction of sp³-hybridized carbons (Fsp3) is 0.533. The Morgan fingerprint density at radius 3 is 2.48 bits per heavy atom. The zero-order chi connectivity index (χ0) is 15.5. The molecule has 0 spiro atoms. The van der Waals surface area contributed by atoms with E-state index >= 15 is 0 Å². The van der Waals surface area contributed by atoms with Gasteiger partial charge in [0.05, 0.1) is 24.6 Å². The summed E-state index contributed by atoms with van der Waals surface area (Å²) in [5, 5.41) is 3.40. The third-order valence-electron chi connectivity index (χ3n) is 3.18. The van der Waals surface area contributed by atoms with Gasteiger partial charge in [-0.25, -0.2) is 9.97 Å². The lowest BCUT2D eigenvalue weighted by molar-refractivity contribution is 0.421. The minimum atomic E-state index is 0.0787. The van der Waals surface area contributed by atoms with Crippen LogP contribution in [-0.4, -0.2) is 32.1 Å². The average molecular weight is 288 g/mol. The quantitative estimate of drug-likeness (QED) is 0.908. The lowest BCUT2D eigenvalue weighted by atomic mass is 10.1. The normalized spacial score (nSPS) is 11.7. The third-order valence-corrected chi connectivity index (χ3v) is 3.18.